The quantitative estimate of drug-likeness (QED) is 0.716. The van der Waals surface area contributed by atoms with E-state index in [1.165, 1.54) is 0 Å². The van der Waals surface area contributed by atoms with Crippen molar-refractivity contribution < 1.29 is 9.47 Å². The van der Waals surface area contributed by atoms with Crippen molar-refractivity contribution in [1.82, 2.24) is 0 Å². The fraction of sp³-hybridized carbons (Fsp3) is 0.667. The first-order chi connectivity index (χ1) is 4.81. The molecule has 0 aromatic carbocycles. The monoisotopic (exact) mass is 272 g/mol. The molecule has 0 rings (SSSR count). The van der Waals surface area contributed by atoms with Crippen molar-refractivity contribution >= 4 is 31.9 Å². The molecule has 0 aromatic rings. The second-order valence-electron chi connectivity index (χ2n) is 1.60. The van der Waals surface area contributed by atoms with Gasteiger partial charge in [-0.25, -0.2) is 0 Å². The van der Waals surface area contributed by atoms with Gasteiger partial charge in [0.2, 0.25) is 0 Å². The number of hydrogen-bond acceptors (Lipinski definition) is 2. The second kappa shape index (κ2) is 7.72. The maximum absolute atomic E-state index is 5.16. The third-order valence-corrected chi connectivity index (χ3v) is 2.42. The first-order valence-corrected chi connectivity index (χ1v) is 4.53. The Morgan fingerprint density at radius 1 is 1.50 bits per heavy atom. The predicted molar refractivity (Wildman–Crippen MR) is 48.6 cm³/mol. The molecule has 0 unspecified atom stereocenters. The Labute approximate surface area is 77.8 Å². The van der Waals surface area contributed by atoms with Crippen LogP contribution in [0.25, 0.3) is 0 Å². The van der Waals surface area contributed by atoms with Gasteiger partial charge in [-0.05, 0) is 4.99 Å². The van der Waals surface area contributed by atoms with E-state index in [1.54, 1.807) is 12.1 Å². The molecule has 0 spiro atoms. The Morgan fingerprint density at radius 2 is 2.20 bits per heavy atom. The van der Waals surface area contributed by atoms with Crippen LogP contribution in [0.15, 0.2) is 9.47 Å². The van der Waals surface area contributed by atoms with E-state index < -0.39 is 0 Å². The highest BCUT2D eigenvalue weighted by atomic mass is 79.9. The standard InChI is InChI=1S/C6H10Br2O2/c1-9-2-3-10-5-6(8)4-7/h4H,2-3,5H2,1H3. The van der Waals surface area contributed by atoms with Crippen LogP contribution in [0, 0.1) is 0 Å². The first kappa shape index (κ1) is 10.6. The lowest BCUT2D eigenvalue weighted by Crippen LogP contribution is -2.02. The van der Waals surface area contributed by atoms with E-state index in [0.717, 1.165) is 4.48 Å². The van der Waals surface area contributed by atoms with Gasteiger partial charge in [0.25, 0.3) is 0 Å². The van der Waals surface area contributed by atoms with Gasteiger partial charge < -0.3 is 9.47 Å². The topological polar surface area (TPSA) is 18.5 Å². The lowest BCUT2D eigenvalue weighted by molar-refractivity contribution is 0.0846. The van der Waals surface area contributed by atoms with E-state index in [4.69, 9.17) is 9.47 Å². The van der Waals surface area contributed by atoms with E-state index in [-0.39, 0.29) is 0 Å². The van der Waals surface area contributed by atoms with Crippen LogP contribution in [0.2, 0.25) is 0 Å². The highest BCUT2D eigenvalue weighted by molar-refractivity contribution is 9.14. The Morgan fingerprint density at radius 3 is 2.70 bits per heavy atom. The molecule has 0 aliphatic rings. The van der Waals surface area contributed by atoms with Crippen molar-refractivity contribution in [2.75, 3.05) is 26.9 Å². The number of halogens is 2. The minimum Gasteiger partial charge on any atom is -0.382 e. The van der Waals surface area contributed by atoms with Crippen LogP contribution in [0.1, 0.15) is 0 Å². The SMILES string of the molecule is COCCOCC(Br)=CBr. The predicted octanol–water partition coefficient (Wildman–Crippen LogP) is 2.28. The van der Waals surface area contributed by atoms with Crippen molar-refractivity contribution in [1.29, 1.82) is 0 Å². The molecule has 0 saturated carbocycles. The maximum atomic E-state index is 5.16. The summed E-state index contributed by atoms with van der Waals surface area (Å²) in [6, 6.07) is 0. The molecule has 0 atom stereocenters. The van der Waals surface area contributed by atoms with Crippen LogP contribution < -0.4 is 0 Å². The summed E-state index contributed by atoms with van der Waals surface area (Å²) < 4.78 is 10.9. The van der Waals surface area contributed by atoms with E-state index >= 15 is 0 Å². The Kier molecular flexibility index (Phi) is 8.20. The van der Waals surface area contributed by atoms with Crippen molar-refractivity contribution in [2.24, 2.45) is 0 Å². The minimum atomic E-state index is 0.592. The largest absolute Gasteiger partial charge is 0.382 e. The normalized spacial score (nSPS) is 12.1. The number of ether oxygens (including phenoxy) is 2. The fourth-order valence-corrected chi connectivity index (χ4v) is 0.637. The lowest BCUT2D eigenvalue weighted by atomic mass is 10.7. The summed E-state index contributed by atoms with van der Waals surface area (Å²) in [6.45, 7) is 1.86. The maximum Gasteiger partial charge on any atom is 0.0788 e. The highest BCUT2D eigenvalue weighted by Gasteiger charge is 1.89. The molecule has 0 fully saturated rings. The Hall–Kier alpha value is 0.620. The zero-order valence-corrected chi connectivity index (χ0v) is 8.94. The highest BCUT2D eigenvalue weighted by Crippen LogP contribution is 2.06. The summed E-state index contributed by atoms with van der Waals surface area (Å²) in [5, 5.41) is 0. The van der Waals surface area contributed by atoms with Gasteiger partial charge in [0.05, 0.1) is 19.8 Å². The van der Waals surface area contributed by atoms with Gasteiger partial charge >= 0.3 is 0 Å². The molecule has 0 aromatic heterocycles. The molecule has 0 amide bonds. The van der Waals surface area contributed by atoms with E-state index in [9.17, 15) is 0 Å². The van der Waals surface area contributed by atoms with Gasteiger partial charge in [0.1, 0.15) is 0 Å². The van der Waals surface area contributed by atoms with Crippen LogP contribution in [0.5, 0.6) is 0 Å². The summed E-state index contributed by atoms with van der Waals surface area (Å²) >= 11 is 6.44. The summed E-state index contributed by atoms with van der Waals surface area (Å²) in [5.41, 5.74) is 0. The molecule has 0 bridgehead atoms. The smallest absolute Gasteiger partial charge is 0.0788 e. The molecule has 0 saturated heterocycles. The average molecular weight is 274 g/mol. The van der Waals surface area contributed by atoms with Gasteiger partial charge in [-0.3, -0.25) is 0 Å². The summed E-state index contributed by atoms with van der Waals surface area (Å²) in [6.07, 6.45) is 0. The van der Waals surface area contributed by atoms with E-state index in [2.05, 4.69) is 31.9 Å². The summed E-state index contributed by atoms with van der Waals surface area (Å²) in [4.78, 5) is 1.78. The van der Waals surface area contributed by atoms with Gasteiger partial charge in [0.15, 0.2) is 0 Å². The molecule has 0 aliphatic carbocycles. The van der Waals surface area contributed by atoms with Crippen LogP contribution in [0.3, 0.4) is 0 Å². The van der Waals surface area contributed by atoms with Gasteiger partial charge in [-0.1, -0.05) is 31.9 Å². The Balaban J connectivity index is 3.04. The number of methoxy groups -OCH3 is 1. The van der Waals surface area contributed by atoms with Crippen LogP contribution in [-0.4, -0.2) is 26.9 Å². The van der Waals surface area contributed by atoms with Crippen LogP contribution >= 0.6 is 31.9 Å². The molecule has 4 heteroatoms. The molecule has 2 nitrogen and oxygen atoms in total. The molecule has 0 N–H and O–H groups in total. The van der Waals surface area contributed by atoms with Crippen molar-refractivity contribution in [3.05, 3.63) is 9.47 Å². The fourth-order valence-electron chi connectivity index (χ4n) is 0.343. The molecule has 0 aliphatic heterocycles. The van der Waals surface area contributed by atoms with Gasteiger partial charge in [-0.2, -0.15) is 0 Å². The van der Waals surface area contributed by atoms with E-state index in [0.29, 0.717) is 19.8 Å². The molecular formula is C6H10Br2O2. The van der Waals surface area contributed by atoms with Gasteiger partial charge in [-0.15, -0.1) is 0 Å². The lowest BCUT2D eigenvalue weighted by Gasteiger charge is -2.00. The van der Waals surface area contributed by atoms with E-state index in [1.807, 2.05) is 0 Å². The average Bonchev–Trinajstić information content (AvgIpc) is 1.98. The summed E-state index contributed by atoms with van der Waals surface area (Å²) in [7, 11) is 1.65. The van der Waals surface area contributed by atoms with Crippen molar-refractivity contribution in [2.45, 2.75) is 0 Å². The first-order valence-electron chi connectivity index (χ1n) is 2.82. The zero-order chi connectivity index (χ0) is 7.82. The third-order valence-electron chi connectivity index (χ3n) is 0.790. The third kappa shape index (κ3) is 6.74. The second-order valence-corrected chi connectivity index (χ2v) is 3.08. The molecular weight excluding hydrogens is 264 g/mol. The number of hydrogen-bond donors (Lipinski definition) is 0. The van der Waals surface area contributed by atoms with Crippen LogP contribution in [0.4, 0.5) is 0 Å². The zero-order valence-electron chi connectivity index (χ0n) is 5.77. The number of rotatable bonds is 5. The van der Waals surface area contributed by atoms with Gasteiger partial charge in [0, 0.05) is 11.6 Å². The molecule has 10 heavy (non-hydrogen) atoms. The van der Waals surface area contributed by atoms with Crippen LogP contribution in [-0.2, 0) is 9.47 Å². The minimum absolute atomic E-state index is 0.592. The molecule has 0 heterocycles. The van der Waals surface area contributed by atoms with Crippen molar-refractivity contribution in [3.63, 3.8) is 0 Å². The Bertz CT molecular complexity index is 104. The molecule has 60 valence electrons. The van der Waals surface area contributed by atoms with Crippen molar-refractivity contribution in [3.8, 4) is 0 Å². The molecule has 0 radical (unpaired) electrons. The summed E-state index contributed by atoms with van der Waals surface area (Å²) in [5.74, 6) is 0.